The molecule has 3 rings (SSSR count). The number of hydrogen-bond donors (Lipinski definition) is 1. The predicted molar refractivity (Wildman–Crippen MR) is 98.8 cm³/mol. The molecule has 1 N–H and O–H groups in total. The third-order valence-electron chi connectivity index (χ3n) is 5.06. The van der Waals surface area contributed by atoms with Crippen LogP contribution in [0.2, 0.25) is 0 Å². The van der Waals surface area contributed by atoms with Crippen molar-refractivity contribution in [2.45, 2.75) is 24.6 Å². The summed E-state index contributed by atoms with van der Waals surface area (Å²) in [6.45, 7) is 0.470. The summed E-state index contributed by atoms with van der Waals surface area (Å²) in [4.78, 5) is 5.27. The molecule has 2 aromatic rings. The fourth-order valence-corrected chi connectivity index (χ4v) is 3.39. The molecule has 1 aliphatic heterocycles. The third-order valence-corrected chi connectivity index (χ3v) is 5.06. The molecule has 0 aliphatic carbocycles. The van der Waals surface area contributed by atoms with E-state index in [0.29, 0.717) is 17.1 Å². The number of alkyl halides is 3. The molecule has 9 heteroatoms. The minimum absolute atomic E-state index is 0.0207. The van der Waals surface area contributed by atoms with Crippen molar-refractivity contribution in [1.82, 2.24) is 4.98 Å². The van der Waals surface area contributed by atoms with Gasteiger partial charge in [0, 0.05) is 19.2 Å². The second-order valence-electron chi connectivity index (χ2n) is 6.80. The quantitative estimate of drug-likeness (QED) is 0.836. The Morgan fingerprint density at radius 1 is 1.10 bits per heavy atom. The van der Waals surface area contributed by atoms with Crippen LogP contribution >= 0.6 is 0 Å². The zero-order valence-electron chi connectivity index (χ0n) is 16.0. The number of halogens is 3. The van der Waals surface area contributed by atoms with Crippen molar-refractivity contribution in [2.75, 3.05) is 32.2 Å². The van der Waals surface area contributed by atoms with Crippen molar-refractivity contribution in [3.05, 3.63) is 47.2 Å². The average Bonchev–Trinajstić information content (AvgIpc) is 2.72. The Labute approximate surface area is 166 Å². The van der Waals surface area contributed by atoms with Gasteiger partial charge in [-0.2, -0.15) is 18.4 Å². The van der Waals surface area contributed by atoms with Gasteiger partial charge in [-0.1, -0.05) is 0 Å². The van der Waals surface area contributed by atoms with E-state index in [1.54, 1.807) is 23.1 Å². The Morgan fingerprint density at radius 3 is 2.17 bits per heavy atom. The molecule has 0 bridgehead atoms. The maximum atomic E-state index is 13.0. The highest BCUT2D eigenvalue weighted by molar-refractivity contribution is 5.55. The normalized spacial score (nSPS) is 16.2. The van der Waals surface area contributed by atoms with Crippen molar-refractivity contribution < 1.29 is 27.8 Å². The van der Waals surface area contributed by atoms with Crippen LogP contribution in [0.25, 0.3) is 0 Å². The van der Waals surface area contributed by atoms with Crippen LogP contribution in [0.3, 0.4) is 0 Å². The first-order valence-electron chi connectivity index (χ1n) is 8.89. The Bertz CT molecular complexity index is 911. The van der Waals surface area contributed by atoms with Gasteiger partial charge in [0.15, 0.2) is 0 Å². The van der Waals surface area contributed by atoms with Gasteiger partial charge < -0.3 is 19.5 Å². The SMILES string of the molecule is COc1cc(OC)cc(C2(O)CCN(c3nc(C(F)(F)F)ccc3C#N)CC2)c1. The lowest BCUT2D eigenvalue weighted by Gasteiger charge is -2.39. The third kappa shape index (κ3) is 4.22. The lowest BCUT2D eigenvalue weighted by atomic mass is 9.84. The number of benzene rings is 1. The molecule has 1 fully saturated rings. The van der Waals surface area contributed by atoms with Crippen molar-refractivity contribution in [3.8, 4) is 17.6 Å². The summed E-state index contributed by atoms with van der Waals surface area (Å²) in [7, 11) is 3.02. The molecule has 29 heavy (non-hydrogen) atoms. The van der Waals surface area contributed by atoms with Crippen LogP contribution in [0.5, 0.6) is 11.5 Å². The van der Waals surface area contributed by atoms with Crippen LogP contribution in [0.15, 0.2) is 30.3 Å². The number of aromatic nitrogens is 1. The number of anilines is 1. The molecule has 1 saturated heterocycles. The molecule has 0 spiro atoms. The van der Waals surface area contributed by atoms with Gasteiger partial charge >= 0.3 is 6.18 Å². The number of ether oxygens (including phenoxy) is 2. The summed E-state index contributed by atoms with van der Waals surface area (Å²) in [6, 6.07) is 8.92. The maximum absolute atomic E-state index is 13.0. The van der Waals surface area contributed by atoms with E-state index in [-0.39, 0.29) is 37.3 Å². The minimum Gasteiger partial charge on any atom is -0.497 e. The fraction of sp³-hybridized carbons (Fsp3) is 0.400. The number of nitrogens with zero attached hydrogens (tertiary/aromatic N) is 3. The first kappa shape index (κ1) is 20.7. The summed E-state index contributed by atoms with van der Waals surface area (Å²) < 4.78 is 49.6. The zero-order chi connectivity index (χ0) is 21.2. The van der Waals surface area contributed by atoms with E-state index in [4.69, 9.17) is 9.47 Å². The van der Waals surface area contributed by atoms with Crippen LogP contribution in [0.4, 0.5) is 19.0 Å². The van der Waals surface area contributed by atoms with Crippen LogP contribution in [-0.4, -0.2) is 37.4 Å². The Hall–Kier alpha value is -2.99. The number of pyridine rings is 1. The molecular weight excluding hydrogens is 387 g/mol. The molecule has 1 aliphatic rings. The summed E-state index contributed by atoms with van der Waals surface area (Å²) >= 11 is 0. The highest BCUT2D eigenvalue weighted by Crippen LogP contribution is 2.39. The lowest BCUT2D eigenvalue weighted by Crippen LogP contribution is -2.43. The fourth-order valence-electron chi connectivity index (χ4n) is 3.39. The number of nitriles is 1. The van der Waals surface area contributed by atoms with Crippen molar-refractivity contribution in [1.29, 1.82) is 5.26 Å². The van der Waals surface area contributed by atoms with Gasteiger partial charge in [-0.25, -0.2) is 4.98 Å². The van der Waals surface area contributed by atoms with E-state index in [9.17, 15) is 23.5 Å². The number of aliphatic hydroxyl groups is 1. The second kappa shape index (κ2) is 7.79. The van der Waals surface area contributed by atoms with Gasteiger partial charge in [0.05, 0.1) is 25.4 Å². The van der Waals surface area contributed by atoms with Crippen molar-refractivity contribution in [2.24, 2.45) is 0 Å². The van der Waals surface area contributed by atoms with Gasteiger partial charge in [0.25, 0.3) is 0 Å². The second-order valence-corrected chi connectivity index (χ2v) is 6.80. The standard InChI is InChI=1S/C20H20F3N3O3/c1-28-15-9-14(10-16(11-15)29-2)19(27)5-7-26(8-6-19)18-13(12-24)3-4-17(25-18)20(21,22)23/h3-4,9-11,27H,5-8H2,1-2H3. The highest BCUT2D eigenvalue weighted by Gasteiger charge is 2.37. The summed E-state index contributed by atoms with van der Waals surface area (Å²) in [5.41, 5.74) is -1.59. The van der Waals surface area contributed by atoms with E-state index >= 15 is 0 Å². The van der Waals surface area contributed by atoms with Gasteiger partial charge in [-0.3, -0.25) is 0 Å². The van der Waals surface area contributed by atoms with Gasteiger partial charge in [0.2, 0.25) is 0 Å². The first-order chi connectivity index (χ1) is 13.7. The smallest absolute Gasteiger partial charge is 0.433 e. The van der Waals surface area contributed by atoms with Crippen LogP contribution < -0.4 is 14.4 Å². The largest absolute Gasteiger partial charge is 0.497 e. The summed E-state index contributed by atoms with van der Waals surface area (Å²) in [6.07, 6.45) is -4.12. The molecule has 1 aromatic heterocycles. The van der Waals surface area contributed by atoms with Gasteiger partial charge in [0.1, 0.15) is 29.1 Å². The molecule has 0 atom stereocenters. The molecule has 1 aromatic carbocycles. The van der Waals surface area contributed by atoms with Crippen LogP contribution in [-0.2, 0) is 11.8 Å². The van der Waals surface area contributed by atoms with Gasteiger partial charge in [-0.15, -0.1) is 0 Å². The molecule has 0 radical (unpaired) electrons. The zero-order valence-corrected chi connectivity index (χ0v) is 16.0. The van der Waals surface area contributed by atoms with E-state index < -0.39 is 17.5 Å². The Kier molecular flexibility index (Phi) is 5.57. The van der Waals surface area contributed by atoms with Crippen molar-refractivity contribution >= 4 is 5.82 Å². The van der Waals surface area contributed by atoms with E-state index in [0.717, 1.165) is 12.1 Å². The Balaban J connectivity index is 1.86. The highest BCUT2D eigenvalue weighted by atomic mass is 19.4. The molecular formula is C20H20F3N3O3. The maximum Gasteiger partial charge on any atom is 0.433 e. The topological polar surface area (TPSA) is 78.6 Å². The first-order valence-corrected chi connectivity index (χ1v) is 8.89. The van der Waals surface area contributed by atoms with Crippen LogP contribution in [0.1, 0.15) is 29.7 Å². The molecule has 154 valence electrons. The van der Waals surface area contributed by atoms with Crippen molar-refractivity contribution in [3.63, 3.8) is 0 Å². The average molecular weight is 407 g/mol. The lowest BCUT2D eigenvalue weighted by molar-refractivity contribution is -0.141. The summed E-state index contributed by atoms with van der Waals surface area (Å²) in [5.74, 6) is 1.04. The molecule has 0 amide bonds. The van der Waals surface area contributed by atoms with Crippen LogP contribution in [0, 0.1) is 11.3 Å². The van der Waals surface area contributed by atoms with E-state index in [2.05, 4.69) is 4.98 Å². The number of methoxy groups -OCH3 is 2. The molecule has 0 unspecified atom stereocenters. The molecule has 0 saturated carbocycles. The summed E-state index contributed by atoms with van der Waals surface area (Å²) in [5, 5.41) is 20.4. The minimum atomic E-state index is -4.60. The molecule has 6 nitrogen and oxygen atoms in total. The van der Waals surface area contributed by atoms with E-state index in [1.807, 2.05) is 6.07 Å². The number of piperidine rings is 1. The number of rotatable bonds is 4. The van der Waals surface area contributed by atoms with Gasteiger partial charge in [-0.05, 0) is 42.7 Å². The molecule has 2 heterocycles. The predicted octanol–water partition coefficient (Wildman–Crippen LogP) is 3.48. The number of hydrogen-bond acceptors (Lipinski definition) is 6. The Morgan fingerprint density at radius 2 is 1.69 bits per heavy atom. The van der Waals surface area contributed by atoms with E-state index in [1.165, 1.54) is 14.2 Å². The monoisotopic (exact) mass is 407 g/mol.